The van der Waals surface area contributed by atoms with Crippen LogP contribution in [0, 0.1) is 0 Å². The fourth-order valence-corrected chi connectivity index (χ4v) is 4.89. The molecule has 0 bridgehead atoms. The summed E-state index contributed by atoms with van der Waals surface area (Å²) in [5, 5.41) is 0. The number of carbonyl (C=O) groups is 1. The van der Waals surface area contributed by atoms with Gasteiger partial charge in [0.2, 0.25) is 5.91 Å². The van der Waals surface area contributed by atoms with Gasteiger partial charge in [-0.1, -0.05) is 0 Å². The van der Waals surface area contributed by atoms with Crippen molar-refractivity contribution < 1.29 is 22.4 Å². The Kier molecular flexibility index (Phi) is 5.36. The monoisotopic (exact) mass is 377 g/mol. The summed E-state index contributed by atoms with van der Waals surface area (Å²) in [5.74, 6) is 2.43. The molecule has 0 saturated carbocycles. The highest BCUT2D eigenvalue weighted by Crippen LogP contribution is 2.25. The van der Waals surface area contributed by atoms with Gasteiger partial charge in [0.25, 0.3) is 0 Å². The van der Waals surface area contributed by atoms with Crippen LogP contribution in [0.2, 0.25) is 0 Å². The van der Waals surface area contributed by atoms with Crippen LogP contribution in [0.3, 0.4) is 0 Å². The number of hydrogen-bond donors (Lipinski definition) is 0. The van der Waals surface area contributed by atoms with Crippen LogP contribution in [-0.4, -0.2) is 50.9 Å². The Bertz CT molecular complexity index is 870. The van der Waals surface area contributed by atoms with Gasteiger partial charge in [-0.2, -0.15) is 0 Å². The number of nitrogens with zero attached hydrogens (tertiary/aromatic N) is 1. The molecule has 2 heterocycles. The summed E-state index contributed by atoms with van der Waals surface area (Å²) in [6, 6.07) is 11.1. The summed E-state index contributed by atoms with van der Waals surface area (Å²) in [4.78, 5) is 13.9. The normalized spacial score (nSPS) is 18.6. The van der Waals surface area contributed by atoms with Crippen LogP contribution in [0.4, 0.5) is 0 Å². The van der Waals surface area contributed by atoms with Crippen LogP contribution in [0.1, 0.15) is 18.6 Å². The van der Waals surface area contributed by atoms with Gasteiger partial charge in [-0.15, -0.1) is 0 Å². The molecule has 1 aliphatic rings. The van der Waals surface area contributed by atoms with E-state index in [1.807, 2.05) is 36.4 Å². The first kappa shape index (κ1) is 18.5. The van der Waals surface area contributed by atoms with Crippen molar-refractivity contribution in [1.29, 1.82) is 0 Å². The zero-order valence-corrected chi connectivity index (χ0v) is 15.8. The lowest BCUT2D eigenvalue weighted by Gasteiger charge is -2.23. The highest BCUT2D eigenvalue weighted by Gasteiger charge is 2.32. The first-order chi connectivity index (χ1) is 12.4. The lowest BCUT2D eigenvalue weighted by atomic mass is 10.1. The molecular weight excluding hydrogens is 354 g/mol. The maximum Gasteiger partial charge on any atom is 0.223 e. The Labute approximate surface area is 153 Å². The fraction of sp³-hybridized carbons (Fsp3) is 0.421. The molecule has 1 aromatic carbocycles. The summed E-state index contributed by atoms with van der Waals surface area (Å²) in [6.45, 7) is 0. The second-order valence-electron chi connectivity index (χ2n) is 6.56. The van der Waals surface area contributed by atoms with E-state index in [1.165, 1.54) is 0 Å². The van der Waals surface area contributed by atoms with E-state index in [0.717, 1.165) is 22.8 Å². The van der Waals surface area contributed by atoms with Crippen LogP contribution < -0.4 is 4.74 Å². The maximum atomic E-state index is 12.3. The van der Waals surface area contributed by atoms with Crippen molar-refractivity contribution in [2.45, 2.75) is 25.3 Å². The van der Waals surface area contributed by atoms with E-state index < -0.39 is 9.84 Å². The molecule has 0 spiro atoms. The van der Waals surface area contributed by atoms with Crippen molar-refractivity contribution in [2.24, 2.45) is 0 Å². The zero-order chi connectivity index (χ0) is 18.7. The molecule has 0 aliphatic carbocycles. The number of carbonyl (C=O) groups excluding carboxylic acids is 1. The van der Waals surface area contributed by atoms with Gasteiger partial charge in [-0.3, -0.25) is 4.79 Å². The van der Waals surface area contributed by atoms with Gasteiger partial charge in [0, 0.05) is 31.5 Å². The van der Waals surface area contributed by atoms with Crippen LogP contribution >= 0.6 is 0 Å². The van der Waals surface area contributed by atoms with Gasteiger partial charge in [-0.25, -0.2) is 8.42 Å². The first-order valence-electron chi connectivity index (χ1n) is 8.57. The van der Waals surface area contributed by atoms with Crippen LogP contribution in [0.5, 0.6) is 5.75 Å². The third-order valence-electron chi connectivity index (χ3n) is 4.77. The molecule has 1 aliphatic heterocycles. The van der Waals surface area contributed by atoms with Gasteiger partial charge in [0.05, 0.1) is 18.6 Å². The quantitative estimate of drug-likeness (QED) is 0.773. The highest BCUT2D eigenvalue weighted by molar-refractivity contribution is 7.91. The molecule has 26 heavy (non-hydrogen) atoms. The molecule has 1 fully saturated rings. The molecule has 0 radical (unpaired) electrons. The third-order valence-corrected chi connectivity index (χ3v) is 6.52. The van der Waals surface area contributed by atoms with Crippen molar-refractivity contribution in [1.82, 2.24) is 4.90 Å². The fourth-order valence-electron chi connectivity index (χ4n) is 3.11. The second kappa shape index (κ2) is 7.53. The largest absolute Gasteiger partial charge is 0.497 e. The molecular formula is C19H23NO5S. The number of benzene rings is 1. The molecule has 0 N–H and O–H groups in total. The van der Waals surface area contributed by atoms with Gasteiger partial charge >= 0.3 is 0 Å². The SMILES string of the molecule is COc1ccc(-c2ccc(CCC(=O)N(C)[C@@H]3CCS(=O)(=O)C3)o2)cc1. The van der Waals surface area contributed by atoms with E-state index in [-0.39, 0.29) is 23.5 Å². The summed E-state index contributed by atoms with van der Waals surface area (Å²) >= 11 is 0. The summed E-state index contributed by atoms with van der Waals surface area (Å²) < 4.78 is 34.1. The van der Waals surface area contributed by atoms with Crippen LogP contribution in [0.25, 0.3) is 11.3 Å². The maximum absolute atomic E-state index is 12.3. The lowest BCUT2D eigenvalue weighted by Crippen LogP contribution is -2.37. The molecule has 1 saturated heterocycles. The predicted molar refractivity (Wildman–Crippen MR) is 98.8 cm³/mol. The van der Waals surface area contributed by atoms with Crippen molar-refractivity contribution in [3.8, 4) is 17.1 Å². The van der Waals surface area contributed by atoms with Crippen molar-refractivity contribution in [2.75, 3.05) is 25.7 Å². The van der Waals surface area contributed by atoms with E-state index in [1.54, 1.807) is 19.1 Å². The van der Waals surface area contributed by atoms with Gasteiger partial charge in [0.15, 0.2) is 9.84 Å². The van der Waals surface area contributed by atoms with Crippen molar-refractivity contribution >= 4 is 15.7 Å². The summed E-state index contributed by atoms with van der Waals surface area (Å²) in [6.07, 6.45) is 1.30. The van der Waals surface area contributed by atoms with Gasteiger partial charge in [0.1, 0.15) is 17.3 Å². The number of rotatable bonds is 6. The van der Waals surface area contributed by atoms with Crippen molar-refractivity contribution in [3.63, 3.8) is 0 Å². The number of ether oxygens (including phenoxy) is 1. The molecule has 3 rings (SSSR count). The molecule has 1 amide bonds. The smallest absolute Gasteiger partial charge is 0.223 e. The average Bonchev–Trinajstić information content (AvgIpc) is 3.25. The number of methoxy groups -OCH3 is 1. The van der Waals surface area contributed by atoms with E-state index in [4.69, 9.17) is 9.15 Å². The Morgan fingerprint density at radius 1 is 1.23 bits per heavy atom. The molecule has 140 valence electrons. The topological polar surface area (TPSA) is 76.8 Å². The summed E-state index contributed by atoms with van der Waals surface area (Å²) in [5.41, 5.74) is 0.941. The Hall–Kier alpha value is -2.28. The number of aryl methyl sites for hydroxylation is 1. The summed E-state index contributed by atoms with van der Waals surface area (Å²) in [7, 11) is 0.305. The minimum atomic E-state index is -2.99. The number of sulfone groups is 1. The van der Waals surface area contributed by atoms with Gasteiger partial charge < -0.3 is 14.1 Å². The minimum absolute atomic E-state index is 0.0607. The number of amides is 1. The number of furan rings is 1. The second-order valence-corrected chi connectivity index (χ2v) is 8.78. The minimum Gasteiger partial charge on any atom is -0.497 e. The van der Waals surface area contributed by atoms with Crippen LogP contribution in [-0.2, 0) is 21.1 Å². The lowest BCUT2D eigenvalue weighted by molar-refractivity contribution is -0.131. The standard InChI is InChI=1S/C19H23NO5S/c1-20(15-11-12-26(22,23)13-15)19(21)10-8-17-7-9-18(25-17)14-3-5-16(24-2)6-4-14/h3-7,9,15H,8,10-13H2,1-2H3/t15-/m1/s1. The third kappa shape index (κ3) is 4.27. The highest BCUT2D eigenvalue weighted by atomic mass is 32.2. The van der Waals surface area contributed by atoms with E-state index in [9.17, 15) is 13.2 Å². The van der Waals surface area contributed by atoms with E-state index in [2.05, 4.69) is 0 Å². The van der Waals surface area contributed by atoms with Crippen LogP contribution in [0.15, 0.2) is 40.8 Å². The van der Waals surface area contributed by atoms with E-state index in [0.29, 0.717) is 19.3 Å². The van der Waals surface area contributed by atoms with Gasteiger partial charge in [-0.05, 0) is 42.8 Å². The Morgan fingerprint density at radius 3 is 2.58 bits per heavy atom. The Balaban J connectivity index is 1.56. The molecule has 7 heteroatoms. The molecule has 0 unspecified atom stereocenters. The first-order valence-corrected chi connectivity index (χ1v) is 10.4. The predicted octanol–water partition coefficient (Wildman–Crippen LogP) is 2.53. The molecule has 6 nitrogen and oxygen atoms in total. The van der Waals surface area contributed by atoms with Crippen molar-refractivity contribution in [3.05, 3.63) is 42.2 Å². The zero-order valence-electron chi connectivity index (χ0n) is 15.0. The Morgan fingerprint density at radius 2 is 1.96 bits per heavy atom. The average molecular weight is 377 g/mol. The molecule has 2 aromatic rings. The molecule has 1 atom stereocenters. The number of hydrogen-bond acceptors (Lipinski definition) is 5. The molecule has 1 aromatic heterocycles. The van der Waals surface area contributed by atoms with E-state index >= 15 is 0 Å².